The van der Waals surface area contributed by atoms with Gasteiger partial charge in [-0.15, -0.1) is 10.2 Å². The molecular formula is C12H16N6O2. The summed E-state index contributed by atoms with van der Waals surface area (Å²) in [7, 11) is 0. The molecule has 2 heterocycles. The maximum atomic E-state index is 12.2. The van der Waals surface area contributed by atoms with Crippen molar-refractivity contribution in [3.05, 3.63) is 22.8 Å². The summed E-state index contributed by atoms with van der Waals surface area (Å²) in [5.41, 5.74) is 1.38. The van der Waals surface area contributed by atoms with Crippen molar-refractivity contribution in [3.8, 4) is 0 Å². The average Bonchev–Trinajstić information content (AvgIpc) is 3.13. The van der Waals surface area contributed by atoms with E-state index in [1.54, 1.807) is 0 Å². The molecule has 0 aliphatic heterocycles. The summed E-state index contributed by atoms with van der Waals surface area (Å²) in [6.45, 7) is 2.35. The highest BCUT2D eigenvalue weighted by molar-refractivity contribution is 5.93. The molecule has 1 amide bonds. The summed E-state index contributed by atoms with van der Waals surface area (Å²) in [5, 5.41) is 20.4. The molecule has 0 aromatic carbocycles. The standard InChI is InChI=1S/C12H16N6O2/c1-7(11-14-17-18-15-11)6-13-12(19)10-8-4-2-3-5-9(8)20-16-10/h7H,2-6H2,1H3,(H,13,19)(H,14,15,17,18)/t7-/m1/s1. The molecule has 1 aliphatic carbocycles. The zero-order valence-electron chi connectivity index (χ0n) is 11.2. The van der Waals surface area contributed by atoms with Crippen LogP contribution in [0.4, 0.5) is 0 Å². The van der Waals surface area contributed by atoms with Crippen molar-refractivity contribution in [2.45, 2.75) is 38.5 Å². The van der Waals surface area contributed by atoms with Gasteiger partial charge in [0, 0.05) is 24.4 Å². The number of hydrogen-bond donors (Lipinski definition) is 2. The molecule has 0 radical (unpaired) electrons. The lowest BCUT2D eigenvalue weighted by Crippen LogP contribution is -2.29. The van der Waals surface area contributed by atoms with Crippen molar-refractivity contribution in [1.29, 1.82) is 0 Å². The van der Waals surface area contributed by atoms with E-state index in [4.69, 9.17) is 4.52 Å². The number of carbonyl (C=O) groups is 1. The first-order chi connectivity index (χ1) is 9.75. The summed E-state index contributed by atoms with van der Waals surface area (Å²) < 4.78 is 5.24. The van der Waals surface area contributed by atoms with E-state index in [0.29, 0.717) is 18.1 Å². The summed E-state index contributed by atoms with van der Waals surface area (Å²) in [5.74, 6) is 1.22. The minimum absolute atomic E-state index is 0.0135. The van der Waals surface area contributed by atoms with Gasteiger partial charge in [0.15, 0.2) is 11.5 Å². The number of rotatable bonds is 4. The molecule has 0 spiro atoms. The fourth-order valence-electron chi connectivity index (χ4n) is 2.36. The van der Waals surface area contributed by atoms with Crippen molar-refractivity contribution in [1.82, 2.24) is 31.1 Å². The van der Waals surface area contributed by atoms with Gasteiger partial charge in [0.25, 0.3) is 5.91 Å². The van der Waals surface area contributed by atoms with Crippen molar-refractivity contribution in [3.63, 3.8) is 0 Å². The van der Waals surface area contributed by atoms with Crippen molar-refractivity contribution < 1.29 is 9.32 Å². The maximum Gasteiger partial charge on any atom is 0.273 e. The first-order valence-electron chi connectivity index (χ1n) is 6.74. The van der Waals surface area contributed by atoms with Crippen LogP contribution in [-0.2, 0) is 12.8 Å². The minimum Gasteiger partial charge on any atom is -0.360 e. The molecule has 1 atom stereocenters. The zero-order valence-corrected chi connectivity index (χ0v) is 11.2. The van der Waals surface area contributed by atoms with Crippen LogP contribution in [0, 0.1) is 0 Å². The van der Waals surface area contributed by atoms with E-state index in [1.165, 1.54) is 0 Å². The third-order valence-electron chi connectivity index (χ3n) is 3.54. The van der Waals surface area contributed by atoms with Gasteiger partial charge in [0.05, 0.1) is 0 Å². The number of aryl methyl sites for hydroxylation is 1. The molecule has 1 aliphatic rings. The Morgan fingerprint density at radius 2 is 2.30 bits per heavy atom. The molecule has 0 bridgehead atoms. The molecule has 3 rings (SSSR count). The number of aromatic nitrogens is 5. The van der Waals surface area contributed by atoms with E-state index in [-0.39, 0.29) is 11.8 Å². The number of fused-ring (bicyclic) bond motifs is 1. The number of carbonyl (C=O) groups excluding carboxylic acids is 1. The second-order valence-electron chi connectivity index (χ2n) is 5.02. The van der Waals surface area contributed by atoms with E-state index < -0.39 is 0 Å². The molecule has 2 N–H and O–H groups in total. The summed E-state index contributed by atoms with van der Waals surface area (Å²) in [6, 6.07) is 0. The smallest absolute Gasteiger partial charge is 0.273 e. The second kappa shape index (κ2) is 5.40. The predicted molar refractivity (Wildman–Crippen MR) is 68.1 cm³/mol. The van der Waals surface area contributed by atoms with E-state index >= 15 is 0 Å². The fourth-order valence-corrected chi connectivity index (χ4v) is 2.36. The first kappa shape index (κ1) is 12.8. The molecule has 0 saturated heterocycles. The Hall–Kier alpha value is -2.25. The largest absolute Gasteiger partial charge is 0.360 e. The molecule has 2 aromatic rings. The monoisotopic (exact) mass is 276 g/mol. The Morgan fingerprint density at radius 1 is 1.45 bits per heavy atom. The molecule has 20 heavy (non-hydrogen) atoms. The van der Waals surface area contributed by atoms with E-state index in [1.807, 2.05) is 6.92 Å². The van der Waals surface area contributed by atoms with Gasteiger partial charge in [0.2, 0.25) is 0 Å². The molecule has 2 aromatic heterocycles. The lowest BCUT2D eigenvalue weighted by atomic mass is 9.96. The number of nitrogens with zero attached hydrogens (tertiary/aromatic N) is 4. The van der Waals surface area contributed by atoms with Gasteiger partial charge in [-0.05, 0) is 19.3 Å². The predicted octanol–water partition coefficient (Wildman–Crippen LogP) is 0.600. The van der Waals surface area contributed by atoms with Crippen LogP contribution in [0.15, 0.2) is 4.52 Å². The van der Waals surface area contributed by atoms with Gasteiger partial charge < -0.3 is 9.84 Å². The normalized spacial score (nSPS) is 15.7. The SMILES string of the molecule is C[C@H](CNC(=O)c1noc2c1CCCC2)c1nn[nH]n1. The highest BCUT2D eigenvalue weighted by atomic mass is 16.5. The maximum absolute atomic E-state index is 12.2. The van der Waals surface area contributed by atoms with Crippen LogP contribution < -0.4 is 5.32 Å². The summed E-state index contributed by atoms with van der Waals surface area (Å²) >= 11 is 0. The lowest BCUT2D eigenvalue weighted by molar-refractivity contribution is 0.0941. The van der Waals surface area contributed by atoms with Gasteiger partial charge in [-0.25, -0.2) is 0 Å². The molecule has 106 valence electrons. The lowest BCUT2D eigenvalue weighted by Gasteiger charge is -2.10. The van der Waals surface area contributed by atoms with Crippen LogP contribution in [-0.4, -0.2) is 38.2 Å². The van der Waals surface area contributed by atoms with E-state index in [9.17, 15) is 4.79 Å². The number of nitrogens with one attached hydrogen (secondary N) is 2. The number of H-pyrrole nitrogens is 1. The number of tetrazole rings is 1. The van der Waals surface area contributed by atoms with Crippen molar-refractivity contribution >= 4 is 5.91 Å². The van der Waals surface area contributed by atoms with Gasteiger partial charge in [-0.3, -0.25) is 4.79 Å². The van der Waals surface area contributed by atoms with Gasteiger partial charge in [0.1, 0.15) is 5.76 Å². The van der Waals surface area contributed by atoms with Crippen LogP contribution in [0.3, 0.4) is 0 Å². The van der Waals surface area contributed by atoms with Crippen LogP contribution in [0.25, 0.3) is 0 Å². The van der Waals surface area contributed by atoms with Crippen LogP contribution >= 0.6 is 0 Å². The minimum atomic E-state index is -0.202. The van der Waals surface area contributed by atoms with E-state index in [2.05, 4.69) is 31.1 Å². The molecule has 0 unspecified atom stereocenters. The Bertz CT molecular complexity index is 591. The van der Waals surface area contributed by atoms with Crippen LogP contribution in [0.1, 0.15) is 53.3 Å². The molecule has 0 fully saturated rings. The number of aromatic amines is 1. The number of amides is 1. The fraction of sp³-hybridized carbons (Fsp3) is 0.583. The Balaban J connectivity index is 1.63. The Kier molecular flexibility index (Phi) is 3.44. The molecular weight excluding hydrogens is 260 g/mol. The number of hydrogen-bond acceptors (Lipinski definition) is 6. The third kappa shape index (κ3) is 2.40. The highest BCUT2D eigenvalue weighted by Gasteiger charge is 2.24. The van der Waals surface area contributed by atoms with Gasteiger partial charge >= 0.3 is 0 Å². The summed E-state index contributed by atoms with van der Waals surface area (Å²) in [6.07, 6.45) is 3.91. The molecule has 8 heteroatoms. The average molecular weight is 276 g/mol. The van der Waals surface area contributed by atoms with Crippen molar-refractivity contribution in [2.75, 3.05) is 6.54 Å². The summed E-state index contributed by atoms with van der Waals surface area (Å²) in [4.78, 5) is 12.2. The van der Waals surface area contributed by atoms with Gasteiger partial charge in [-0.2, -0.15) is 5.21 Å². The van der Waals surface area contributed by atoms with Crippen molar-refractivity contribution in [2.24, 2.45) is 0 Å². The Labute approximate surface area is 115 Å². The molecule has 0 saturated carbocycles. The topological polar surface area (TPSA) is 110 Å². The third-order valence-corrected chi connectivity index (χ3v) is 3.54. The van der Waals surface area contributed by atoms with Crippen LogP contribution in [0.5, 0.6) is 0 Å². The first-order valence-corrected chi connectivity index (χ1v) is 6.74. The second-order valence-corrected chi connectivity index (χ2v) is 5.02. The van der Waals surface area contributed by atoms with E-state index in [0.717, 1.165) is 37.0 Å². The van der Waals surface area contributed by atoms with Gasteiger partial charge in [-0.1, -0.05) is 17.3 Å². The zero-order chi connectivity index (χ0) is 13.9. The van der Waals surface area contributed by atoms with Crippen LogP contribution in [0.2, 0.25) is 0 Å². The Morgan fingerprint density at radius 3 is 3.10 bits per heavy atom. The quantitative estimate of drug-likeness (QED) is 0.846. The molecule has 8 nitrogen and oxygen atoms in total. The highest BCUT2D eigenvalue weighted by Crippen LogP contribution is 2.24.